The van der Waals surface area contributed by atoms with Gasteiger partial charge in [-0.2, -0.15) is 0 Å². The average molecular weight is 296 g/mol. The lowest BCUT2D eigenvalue weighted by Crippen LogP contribution is -2.30. The number of ether oxygens (including phenoxy) is 1. The van der Waals surface area contributed by atoms with Gasteiger partial charge in [0.1, 0.15) is 11.5 Å². The van der Waals surface area contributed by atoms with Crippen molar-refractivity contribution in [2.75, 3.05) is 5.32 Å². The minimum atomic E-state index is -0.650. The Morgan fingerprint density at radius 2 is 2.00 bits per heavy atom. The third-order valence-corrected chi connectivity index (χ3v) is 3.30. The summed E-state index contributed by atoms with van der Waals surface area (Å²) < 4.78 is 10.7. The third kappa shape index (κ3) is 2.93. The lowest BCUT2D eigenvalue weighted by Gasteiger charge is -2.15. The summed E-state index contributed by atoms with van der Waals surface area (Å²) in [7, 11) is 0. The number of hydrogen-bond acceptors (Lipinski definition) is 4. The predicted octanol–water partition coefficient (Wildman–Crippen LogP) is 3.54. The zero-order valence-corrected chi connectivity index (χ0v) is 12.4. The largest absolute Gasteiger partial charge is 0.480 e. The standard InChI is InChI=1S/C17H16N2O3/c1-11-10-16(19-22-11)18-17(20)12(2)21-15-9-5-7-13-6-3-4-8-14(13)15/h3-10,12H,1-2H3,(H,18,19,20). The van der Waals surface area contributed by atoms with E-state index in [1.54, 1.807) is 19.9 Å². The van der Waals surface area contributed by atoms with Crippen LogP contribution >= 0.6 is 0 Å². The van der Waals surface area contributed by atoms with E-state index in [1.165, 1.54) is 0 Å². The highest BCUT2D eigenvalue weighted by atomic mass is 16.5. The molecule has 2 aromatic carbocycles. The van der Waals surface area contributed by atoms with Crippen molar-refractivity contribution in [3.63, 3.8) is 0 Å². The van der Waals surface area contributed by atoms with Gasteiger partial charge in [0.15, 0.2) is 11.9 Å². The molecule has 1 atom stereocenters. The fourth-order valence-electron chi connectivity index (χ4n) is 2.20. The van der Waals surface area contributed by atoms with Crippen molar-refractivity contribution in [1.82, 2.24) is 5.16 Å². The maximum atomic E-state index is 12.1. The van der Waals surface area contributed by atoms with Crippen LogP contribution in [0.3, 0.4) is 0 Å². The molecule has 0 aliphatic carbocycles. The molecule has 1 amide bonds. The number of hydrogen-bond donors (Lipinski definition) is 1. The van der Waals surface area contributed by atoms with Crippen molar-refractivity contribution >= 4 is 22.5 Å². The van der Waals surface area contributed by atoms with Crippen LogP contribution in [-0.4, -0.2) is 17.2 Å². The second-order valence-electron chi connectivity index (χ2n) is 5.05. The van der Waals surface area contributed by atoms with Crippen LogP contribution in [0.15, 0.2) is 53.1 Å². The Kier molecular flexibility index (Phi) is 3.78. The highest BCUT2D eigenvalue weighted by Gasteiger charge is 2.17. The summed E-state index contributed by atoms with van der Waals surface area (Å²) in [5.74, 6) is 1.42. The van der Waals surface area contributed by atoms with Crippen LogP contribution < -0.4 is 10.1 Å². The summed E-state index contributed by atoms with van der Waals surface area (Å²) in [4.78, 5) is 12.1. The van der Waals surface area contributed by atoms with Gasteiger partial charge >= 0.3 is 0 Å². The molecule has 112 valence electrons. The Morgan fingerprint density at radius 3 is 2.77 bits per heavy atom. The van der Waals surface area contributed by atoms with Gasteiger partial charge in [0.25, 0.3) is 5.91 Å². The Morgan fingerprint density at radius 1 is 1.23 bits per heavy atom. The lowest BCUT2D eigenvalue weighted by atomic mass is 10.1. The van der Waals surface area contributed by atoms with Gasteiger partial charge in [-0.1, -0.05) is 41.6 Å². The lowest BCUT2D eigenvalue weighted by molar-refractivity contribution is -0.122. The SMILES string of the molecule is Cc1cc(NC(=O)C(C)Oc2cccc3ccccc23)no1. The zero-order valence-electron chi connectivity index (χ0n) is 12.4. The molecule has 5 nitrogen and oxygen atoms in total. The number of carbonyl (C=O) groups is 1. The van der Waals surface area contributed by atoms with Gasteiger partial charge in [-0.25, -0.2) is 0 Å². The number of anilines is 1. The van der Waals surface area contributed by atoms with E-state index in [0.717, 1.165) is 10.8 Å². The van der Waals surface area contributed by atoms with Crippen LogP contribution in [0.2, 0.25) is 0 Å². The highest BCUT2D eigenvalue weighted by Crippen LogP contribution is 2.26. The van der Waals surface area contributed by atoms with Crippen molar-refractivity contribution < 1.29 is 14.1 Å². The van der Waals surface area contributed by atoms with E-state index in [0.29, 0.717) is 17.3 Å². The Balaban J connectivity index is 1.75. The molecule has 3 rings (SSSR count). The molecule has 0 aliphatic rings. The van der Waals surface area contributed by atoms with Gasteiger partial charge < -0.3 is 14.6 Å². The topological polar surface area (TPSA) is 64.4 Å². The zero-order chi connectivity index (χ0) is 15.5. The Labute approximate surface area is 127 Å². The van der Waals surface area contributed by atoms with Crippen LogP contribution in [0.4, 0.5) is 5.82 Å². The molecule has 0 spiro atoms. The molecule has 0 aliphatic heterocycles. The average Bonchev–Trinajstić information content (AvgIpc) is 2.92. The quantitative estimate of drug-likeness (QED) is 0.799. The van der Waals surface area contributed by atoms with Gasteiger partial charge in [0.2, 0.25) is 0 Å². The minimum absolute atomic E-state index is 0.277. The maximum Gasteiger partial charge on any atom is 0.266 e. The number of fused-ring (bicyclic) bond motifs is 1. The summed E-state index contributed by atoms with van der Waals surface area (Å²) in [6, 6.07) is 15.3. The monoisotopic (exact) mass is 296 g/mol. The van der Waals surface area contributed by atoms with Gasteiger partial charge in [-0.15, -0.1) is 0 Å². The summed E-state index contributed by atoms with van der Waals surface area (Å²) in [6.07, 6.45) is -0.650. The van der Waals surface area contributed by atoms with Crippen LogP contribution in [0.1, 0.15) is 12.7 Å². The van der Waals surface area contributed by atoms with Crippen LogP contribution in [0.5, 0.6) is 5.75 Å². The first kappa shape index (κ1) is 14.1. The van der Waals surface area contributed by atoms with Crippen LogP contribution in [0, 0.1) is 6.92 Å². The summed E-state index contributed by atoms with van der Waals surface area (Å²) in [5.41, 5.74) is 0. The number of benzene rings is 2. The summed E-state index contributed by atoms with van der Waals surface area (Å²) in [5, 5.41) is 8.44. The van der Waals surface area contributed by atoms with Crippen LogP contribution in [0.25, 0.3) is 10.8 Å². The number of nitrogens with one attached hydrogen (secondary N) is 1. The van der Waals surface area contributed by atoms with Crippen molar-refractivity contribution in [2.45, 2.75) is 20.0 Å². The molecule has 0 radical (unpaired) electrons. The van der Waals surface area contributed by atoms with Crippen molar-refractivity contribution in [3.05, 3.63) is 54.3 Å². The van der Waals surface area contributed by atoms with E-state index >= 15 is 0 Å². The van der Waals surface area contributed by atoms with E-state index in [4.69, 9.17) is 9.26 Å². The highest BCUT2D eigenvalue weighted by molar-refractivity contribution is 5.94. The van der Waals surface area contributed by atoms with E-state index in [1.807, 2.05) is 42.5 Å². The number of rotatable bonds is 4. The van der Waals surface area contributed by atoms with Crippen molar-refractivity contribution in [3.8, 4) is 5.75 Å². The van der Waals surface area contributed by atoms with E-state index in [9.17, 15) is 4.79 Å². The molecular weight excluding hydrogens is 280 g/mol. The smallest absolute Gasteiger partial charge is 0.266 e. The second kappa shape index (κ2) is 5.89. The summed E-state index contributed by atoms with van der Waals surface area (Å²) in [6.45, 7) is 3.46. The molecule has 0 saturated carbocycles. The molecule has 0 fully saturated rings. The maximum absolute atomic E-state index is 12.1. The molecule has 1 aromatic heterocycles. The molecular formula is C17H16N2O3. The molecule has 0 bridgehead atoms. The van der Waals surface area contributed by atoms with Gasteiger partial charge in [-0.3, -0.25) is 4.79 Å². The molecule has 5 heteroatoms. The second-order valence-corrected chi connectivity index (χ2v) is 5.05. The number of nitrogens with zero attached hydrogens (tertiary/aromatic N) is 1. The first-order chi connectivity index (χ1) is 10.6. The van der Waals surface area contributed by atoms with E-state index < -0.39 is 6.10 Å². The fourth-order valence-corrected chi connectivity index (χ4v) is 2.20. The Hall–Kier alpha value is -2.82. The number of carbonyl (C=O) groups excluding carboxylic acids is 1. The molecule has 0 saturated heterocycles. The fraction of sp³-hybridized carbons (Fsp3) is 0.176. The number of amides is 1. The third-order valence-electron chi connectivity index (χ3n) is 3.30. The van der Waals surface area contributed by atoms with Crippen molar-refractivity contribution in [1.29, 1.82) is 0 Å². The molecule has 3 aromatic rings. The predicted molar refractivity (Wildman–Crippen MR) is 83.9 cm³/mol. The van der Waals surface area contributed by atoms with Gasteiger partial charge in [0.05, 0.1) is 0 Å². The first-order valence-electron chi connectivity index (χ1n) is 7.02. The normalized spacial score (nSPS) is 12.1. The number of aryl methyl sites for hydroxylation is 1. The number of aromatic nitrogens is 1. The first-order valence-corrected chi connectivity index (χ1v) is 7.02. The summed E-state index contributed by atoms with van der Waals surface area (Å²) >= 11 is 0. The van der Waals surface area contributed by atoms with Crippen LogP contribution in [-0.2, 0) is 4.79 Å². The molecule has 22 heavy (non-hydrogen) atoms. The molecule has 1 N–H and O–H groups in total. The molecule has 1 heterocycles. The molecule has 1 unspecified atom stereocenters. The van der Waals surface area contributed by atoms with E-state index in [-0.39, 0.29) is 5.91 Å². The van der Waals surface area contributed by atoms with Crippen molar-refractivity contribution in [2.24, 2.45) is 0 Å². The minimum Gasteiger partial charge on any atom is -0.480 e. The van der Waals surface area contributed by atoms with E-state index in [2.05, 4.69) is 10.5 Å². The van der Waals surface area contributed by atoms with Gasteiger partial charge in [0, 0.05) is 11.5 Å². The van der Waals surface area contributed by atoms with Gasteiger partial charge in [-0.05, 0) is 25.3 Å². The Bertz CT molecular complexity index is 805.